The van der Waals surface area contributed by atoms with E-state index in [0.717, 1.165) is 32.1 Å². The lowest BCUT2D eigenvalue weighted by atomic mass is 9.43. The molecule has 0 unspecified atom stereocenters. The maximum Gasteiger partial charge on any atom is 0.305 e. The molecule has 29 heavy (non-hydrogen) atoms. The van der Waals surface area contributed by atoms with Gasteiger partial charge in [-0.05, 0) is 104 Å². The van der Waals surface area contributed by atoms with Crippen LogP contribution in [0, 0.1) is 46.3 Å². The lowest BCUT2D eigenvalue weighted by Gasteiger charge is -2.62. The van der Waals surface area contributed by atoms with Crippen molar-refractivity contribution in [3.8, 4) is 0 Å². The molecule has 10 atom stereocenters. The lowest BCUT2D eigenvalue weighted by molar-refractivity contribution is -0.174. The molecule has 0 aromatic heterocycles. The fourth-order valence-corrected chi connectivity index (χ4v) is 8.82. The number of carbonyl (C=O) groups excluding carboxylic acids is 1. The Morgan fingerprint density at radius 2 is 1.72 bits per heavy atom. The van der Waals surface area contributed by atoms with Crippen molar-refractivity contribution in [3.05, 3.63) is 0 Å². The average Bonchev–Trinajstić information content (AvgIpc) is 3.04. The summed E-state index contributed by atoms with van der Waals surface area (Å²) in [7, 11) is 1.48. The summed E-state index contributed by atoms with van der Waals surface area (Å²) in [5.74, 6) is 3.17. The van der Waals surface area contributed by atoms with Crippen LogP contribution in [0.4, 0.5) is 0 Å². The van der Waals surface area contributed by atoms with Crippen molar-refractivity contribution in [1.29, 1.82) is 0 Å². The first-order valence-electron chi connectivity index (χ1n) is 12.1. The topological polar surface area (TPSA) is 66.8 Å². The SMILES string of the molecule is COC(=O)CC[C@@H](C)[C@H]1CC[C@H]2[C@@H]3[C@H](O)C[C@@H]4C[C@@H](O)CC[C@]4(C)[C@H]3CC[C@]12C. The van der Waals surface area contributed by atoms with Crippen LogP contribution in [0.2, 0.25) is 0 Å². The fraction of sp³-hybridized carbons (Fsp3) is 0.960. The van der Waals surface area contributed by atoms with Gasteiger partial charge in [0.05, 0.1) is 19.3 Å². The first-order chi connectivity index (χ1) is 13.7. The van der Waals surface area contributed by atoms with Gasteiger partial charge < -0.3 is 14.9 Å². The van der Waals surface area contributed by atoms with Gasteiger partial charge in [0.25, 0.3) is 0 Å². The molecule has 4 saturated carbocycles. The standard InChI is InChI=1S/C25H42O4/c1-15(5-8-22(28)29-4)18-6-7-19-23-20(10-12-25(18,19)3)24(2)11-9-17(26)13-16(24)14-21(23)27/h15-21,23,26-27H,5-14H2,1-4H3/t15-,16+,17+,18-,19+,20+,21-,23+,24+,25-/m1/s1. The Kier molecular flexibility index (Phi) is 5.83. The number of aliphatic hydroxyl groups excluding tert-OH is 2. The summed E-state index contributed by atoms with van der Waals surface area (Å²) in [5.41, 5.74) is 0.577. The second-order valence-electron chi connectivity index (χ2n) is 11.5. The number of carbonyl (C=O) groups is 1. The molecule has 0 aliphatic heterocycles. The Labute approximate surface area is 176 Å². The fourth-order valence-electron chi connectivity index (χ4n) is 8.82. The number of esters is 1. The molecule has 0 amide bonds. The van der Waals surface area contributed by atoms with Crippen LogP contribution in [0.3, 0.4) is 0 Å². The van der Waals surface area contributed by atoms with Crippen LogP contribution in [0.5, 0.6) is 0 Å². The third-order valence-electron chi connectivity index (χ3n) is 10.4. The van der Waals surface area contributed by atoms with Crippen molar-refractivity contribution in [2.45, 2.75) is 97.2 Å². The van der Waals surface area contributed by atoms with E-state index in [1.165, 1.54) is 32.8 Å². The van der Waals surface area contributed by atoms with Gasteiger partial charge in [0, 0.05) is 6.42 Å². The summed E-state index contributed by atoms with van der Waals surface area (Å²) in [6, 6.07) is 0. The minimum Gasteiger partial charge on any atom is -0.469 e. The molecule has 4 fully saturated rings. The van der Waals surface area contributed by atoms with E-state index in [9.17, 15) is 15.0 Å². The van der Waals surface area contributed by atoms with Crippen molar-refractivity contribution in [2.24, 2.45) is 46.3 Å². The van der Waals surface area contributed by atoms with Gasteiger partial charge in [-0.1, -0.05) is 20.8 Å². The molecule has 0 bridgehead atoms. The van der Waals surface area contributed by atoms with Crippen molar-refractivity contribution >= 4 is 5.97 Å². The third kappa shape index (κ3) is 3.46. The van der Waals surface area contributed by atoms with E-state index in [2.05, 4.69) is 20.8 Å². The monoisotopic (exact) mass is 406 g/mol. The highest BCUT2D eigenvalue weighted by atomic mass is 16.5. The van der Waals surface area contributed by atoms with E-state index in [0.29, 0.717) is 47.3 Å². The summed E-state index contributed by atoms with van der Waals surface area (Å²) < 4.78 is 4.86. The summed E-state index contributed by atoms with van der Waals surface area (Å²) in [5, 5.41) is 21.5. The highest BCUT2D eigenvalue weighted by Crippen LogP contribution is 2.68. The Morgan fingerprint density at radius 3 is 2.45 bits per heavy atom. The second kappa shape index (κ2) is 7.82. The van der Waals surface area contributed by atoms with Gasteiger partial charge in [0.1, 0.15) is 0 Å². The highest BCUT2D eigenvalue weighted by Gasteiger charge is 2.62. The van der Waals surface area contributed by atoms with E-state index in [1.807, 2.05) is 0 Å². The molecule has 0 heterocycles. The largest absolute Gasteiger partial charge is 0.469 e. The van der Waals surface area contributed by atoms with Crippen LogP contribution in [0.25, 0.3) is 0 Å². The van der Waals surface area contributed by atoms with Gasteiger partial charge in [-0.25, -0.2) is 0 Å². The predicted octanol–water partition coefficient (Wildman–Crippen LogP) is 4.57. The molecule has 2 N–H and O–H groups in total. The smallest absolute Gasteiger partial charge is 0.305 e. The second-order valence-corrected chi connectivity index (χ2v) is 11.5. The van der Waals surface area contributed by atoms with E-state index < -0.39 is 0 Å². The van der Waals surface area contributed by atoms with Gasteiger partial charge in [-0.2, -0.15) is 0 Å². The molecule has 0 saturated heterocycles. The van der Waals surface area contributed by atoms with Crippen LogP contribution in [-0.2, 0) is 9.53 Å². The predicted molar refractivity (Wildman–Crippen MR) is 113 cm³/mol. The Morgan fingerprint density at radius 1 is 1.03 bits per heavy atom. The minimum absolute atomic E-state index is 0.0959. The van der Waals surface area contributed by atoms with Gasteiger partial charge >= 0.3 is 5.97 Å². The number of hydrogen-bond acceptors (Lipinski definition) is 4. The number of hydrogen-bond donors (Lipinski definition) is 2. The molecule has 4 aliphatic carbocycles. The summed E-state index contributed by atoms with van der Waals surface area (Å²) in [6.45, 7) is 7.29. The molecular formula is C25H42O4. The van der Waals surface area contributed by atoms with E-state index in [1.54, 1.807) is 0 Å². The first-order valence-corrected chi connectivity index (χ1v) is 12.1. The average molecular weight is 407 g/mol. The lowest BCUT2D eigenvalue weighted by Crippen LogP contribution is -2.58. The van der Waals surface area contributed by atoms with Crippen LogP contribution >= 0.6 is 0 Å². The minimum atomic E-state index is -0.211. The van der Waals surface area contributed by atoms with Crippen molar-refractivity contribution in [3.63, 3.8) is 0 Å². The molecular weight excluding hydrogens is 364 g/mol. The molecule has 166 valence electrons. The van der Waals surface area contributed by atoms with Gasteiger partial charge in [-0.15, -0.1) is 0 Å². The molecule has 4 aliphatic rings. The zero-order valence-corrected chi connectivity index (χ0v) is 18.9. The molecule has 0 aromatic carbocycles. The van der Waals surface area contributed by atoms with Gasteiger partial charge in [0.2, 0.25) is 0 Å². The third-order valence-corrected chi connectivity index (χ3v) is 10.4. The Hall–Kier alpha value is -0.610. The van der Waals surface area contributed by atoms with Crippen LogP contribution in [-0.4, -0.2) is 35.5 Å². The number of ether oxygens (including phenoxy) is 1. The molecule has 4 rings (SSSR count). The van der Waals surface area contributed by atoms with Crippen LogP contribution in [0.1, 0.15) is 85.0 Å². The van der Waals surface area contributed by atoms with E-state index in [4.69, 9.17) is 4.74 Å². The number of methoxy groups -OCH3 is 1. The quantitative estimate of drug-likeness (QED) is 0.671. The Balaban J connectivity index is 1.53. The van der Waals surface area contributed by atoms with Crippen LogP contribution < -0.4 is 0 Å². The molecule has 0 spiro atoms. The zero-order valence-electron chi connectivity index (χ0n) is 18.9. The molecule has 0 radical (unpaired) electrons. The first kappa shape index (κ1) is 21.6. The maximum absolute atomic E-state index is 11.6. The van der Waals surface area contributed by atoms with E-state index >= 15 is 0 Å². The number of aliphatic hydroxyl groups is 2. The van der Waals surface area contributed by atoms with Gasteiger partial charge in [0.15, 0.2) is 0 Å². The molecule has 0 aromatic rings. The zero-order chi connectivity index (χ0) is 21.0. The molecule has 4 nitrogen and oxygen atoms in total. The number of rotatable bonds is 4. The van der Waals surface area contributed by atoms with E-state index in [-0.39, 0.29) is 23.6 Å². The van der Waals surface area contributed by atoms with Crippen LogP contribution in [0.15, 0.2) is 0 Å². The normalized spacial score (nSPS) is 50.2. The maximum atomic E-state index is 11.6. The summed E-state index contributed by atoms with van der Waals surface area (Å²) in [6.07, 6.45) is 9.80. The Bertz CT molecular complexity index is 620. The number of fused-ring (bicyclic) bond motifs is 5. The van der Waals surface area contributed by atoms with Crippen molar-refractivity contribution < 1.29 is 19.7 Å². The summed E-state index contributed by atoms with van der Waals surface area (Å²) in [4.78, 5) is 11.6. The molecule has 4 heteroatoms. The van der Waals surface area contributed by atoms with Crippen molar-refractivity contribution in [2.75, 3.05) is 7.11 Å². The van der Waals surface area contributed by atoms with Crippen molar-refractivity contribution in [1.82, 2.24) is 0 Å². The highest BCUT2D eigenvalue weighted by molar-refractivity contribution is 5.69. The van der Waals surface area contributed by atoms with Gasteiger partial charge in [-0.3, -0.25) is 4.79 Å². The summed E-state index contributed by atoms with van der Waals surface area (Å²) >= 11 is 0.